The Morgan fingerprint density at radius 3 is 2.48 bits per heavy atom. The van der Waals surface area contributed by atoms with Crippen LogP contribution in [0, 0.1) is 5.92 Å². The van der Waals surface area contributed by atoms with Gasteiger partial charge in [-0.15, -0.1) is 0 Å². The van der Waals surface area contributed by atoms with Gasteiger partial charge in [0.05, 0.1) is 6.04 Å². The summed E-state index contributed by atoms with van der Waals surface area (Å²) in [5.74, 6) is 0.655. The molecule has 1 saturated heterocycles. The SMILES string of the molecule is CNCC[C@H]1O[C@H](c2cccc(Cl)c2)[C@H](c2ccc(Cl)cc2)N(CC2CC2)C1=O. The molecule has 1 heterocycles. The van der Waals surface area contributed by atoms with E-state index in [2.05, 4.69) is 5.32 Å². The highest BCUT2D eigenvalue weighted by Crippen LogP contribution is 2.45. The third-order valence-electron chi connectivity index (χ3n) is 5.69. The highest BCUT2D eigenvalue weighted by Gasteiger charge is 2.45. The standard InChI is InChI=1S/C23H26Cl2N2O2/c1-26-12-11-20-23(28)27(14-15-5-6-15)21(16-7-9-18(24)10-8-16)22(29-20)17-3-2-4-19(25)13-17/h2-4,7-10,13,15,20-22,26H,5-6,11-12,14H2,1H3/t20-,21+,22-/m1/s1. The Labute approximate surface area is 182 Å². The number of halogens is 2. The first kappa shape index (κ1) is 20.7. The minimum absolute atomic E-state index is 0.0744. The first-order valence-corrected chi connectivity index (χ1v) is 10.9. The van der Waals surface area contributed by atoms with Crippen LogP contribution in [0.3, 0.4) is 0 Å². The third kappa shape index (κ3) is 4.77. The molecule has 0 aromatic heterocycles. The number of carbonyl (C=O) groups is 1. The van der Waals surface area contributed by atoms with Crippen molar-refractivity contribution in [3.63, 3.8) is 0 Å². The zero-order valence-corrected chi connectivity index (χ0v) is 18.0. The number of nitrogens with one attached hydrogen (secondary N) is 1. The Balaban J connectivity index is 1.75. The van der Waals surface area contributed by atoms with Gasteiger partial charge < -0.3 is 15.0 Å². The highest BCUT2D eigenvalue weighted by atomic mass is 35.5. The van der Waals surface area contributed by atoms with E-state index in [9.17, 15) is 4.79 Å². The number of hydrogen-bond acceptors (Lipinski definition) is 3. The lowest BCUT2D eigenvalue weighted by Crippen LogP contribution is -2.52. The van der Waals surface area contributed by atoms with Gasteiger partial charge in [-0.3, -0.25) is 4.79 Å². The van der Waals surface area contributed by atoms with Crippen molar-refractivity contribution in [2.24, 2.45) is 5.92 Å². The Morgan fingerprint density at radius 2 is 1.83 bits per heavy atom. The maximum Gasteiger partial charge on any atom is 0.252 e. The number of benzene rings is 2. The normalized spacial score (nSPS) is 24.7. The van der Waals surface area contributed by atoms with Crippen LogP contribution in [-0.4, -0.2) is 37.0 Å². The van der Waals surface area contributed by atoms with Gasteiger partial charge in [0.1, 0.15) is 12.2 Å². The molecule has 1 aliphatic heterocycles. The van der Waals surface area contributed by atoms with Crippen LogP contribution in [0.5, 0.6) is 0 Å². The van der Waals surface area contributed by atoms with E-state index in [1.165, 1.54) is 12.8 Å². The summed E-state index contributed by atoms with van der Waals surface area (Å²) < 4.78 is 6.45. The van der Waals surface area contributed by atoms with Gasteiger partial charge in [0.15, 0.2) is 0 Å². The maximum absolute atomic E-state index is 13.4. The van der Waals surface area contributed by atoms with Gasteiger partial charge in [0.25, 0.3) is 5.91 Å². The summed E-state index contributed by atoms with van der Waals surface area (Å²) in [7, 11) is 1.89. The van der Waals surface area contributed by atoms with Crippen LogP contribution in [0.2, 0.25) is 10.0 Å². The minimum Gasteiger partial charge on any atom is -0.358 e. The van der Waals surface area contributed by atoms with E-state index in [0.717, 1.165) is 24.2 Å². The van der Waals surface area contributed by atoms with Gasteiger partial charge in [-0.05, 0) is 74.2 Å². The van der Waals surface area contributed by atoms with E-state index in [-0.39, 0.29) is 18.1 Å². The summed E-state index contributed by atoms with van der Waals surface area (Å²) in [6.45, 7) is 1.49. The molecule has 1 aliphatic carbocycles. The molecular formula is C23H26Cl2N2O2. The molecule has 2 aliphatic rings. The van der Waals surface area contributed by atoms with Crippen molar-refractivity contribution in [1.29, 1.82) is 0 Å². The van der Waals surface area contributed by atoms with E-state index in [1.807, 2.05) is 60.5 Å². The van der Waals surface area contributed by atoms with Gasteiger partial charge in [0.2, 0.25) is 0 Å². The fourth-order valence-corrected chi connectivity index (χ4v) is 4.33. The van der Waals surface area contributed by atoms with Crippen molar-refractivity contribution in [2.75, 3.05) is 20.1 Å². The smallest absolute Gasteiger partial charge is 0.252 e. The van der Waals surface area contributed by atoms with Crippen LogP contribution < -0.4 is 5.32 Å². The van der Waals surface area contributed by atoms with Crippen LogP contribution in [0.4, 0.5) is 0 Å². The van der Waals surface area contributed by atoms with Gasteiger partial charge in [-0.2, -0.15) is 0 Å². The molecule has 4 rings (SSSR count). The van der Waals surface area contributed by atoms with Crippen molar-refractivity contribution >= 4 is 29.1 Å². The number of morpholine rings is 1. The molecule has 3 atom stereocenters. The Hall–Kier alpha value is -1.59. The van der Waals surface area contributed by atoms with Crippen LogP contribution in [0.25, 0.3) is 0 Å². The summed E-state index contributed by atoms with van der Waals surface area (Å²) in [6, 6.07) is 15.3. The second kappa shape index (κ2) is 9.05. The molecule has 0 bridgehead atoms. The van der Waals surface area contributed by atoms with Gasteiger partial charge in [0, 0.05) is 16.6 Å². The lowest BCUT2D eigenvalue weighted by Gasteiger charge is -2.45. The van der Waals surface area contributed by atoms with Crippen molar-refractivity contribution in [2.45, 2.75) is 37.5 Å². The second-order valence-corrected chi connectivity index (χ2v) is 8.80. The van der Waals surface area contributed by atoms with Crippen molar-refractivity contribution in [3.05, 3.63) is 69.7 Å². The largest absolute Gasteiger partial charge is 0.358 e. The molecule has 29 heavy (non-hydrogen) atoms. The summed E-state index contributed by atoms with van der Waals surface area (Å²) in [5.41, 5.74) is 2.01. The van der Waals surface area contributed by atoms with E-state index in [1.54, 1.807) is 0 Å². The quantitative estimate of drug-likeness (QED) is 0.667. The Kier molecular flexibility index (Phi) is 6.45. The molecule has 1 amide bonds. The number of hydrogen-bond donors (Lipinski definition) is 1. The van der Waals surface area contributed by atoms with Gasteiger partial charge in [-0.1, -0.05) is 47.5 Å². The predicted molar refractivity (Wildman–Crippen MR) is 116 cm³/mol. The molecule has 4 nitrogen and oxygen atoms in total. The zero-order valence-electron chi connectivity index (χ0n) is 16.5. The summed E-state index contributed by atoms with van der Waals surface area (Å²) in [5, 5.41) is 4.47. The molecule has 0 unspecified atom stereocenters. The molecule has 0 spiro atoms. The fourth-order valence-electron chi connectivity index (χ4n) is 4.00. The minimum atomic E-state index is -0.464. The number of nitrogens with zero attached hydrogens (tertiary/aromatic N) is 1. The second-order valence-electron chi connectivity index (χ2n) is 7.92. The summed E-state index contributed by atoms with van der Waals surface area (Å²) >= 11 is 12.4. The average molecular weight is 433 g/mol. The van der Waals surface area contributed by atoms with Crippen molar-refractivity contribution in [3.8, 4) is 0 Å². The predicted octanol–water partition coefficient (Wildman–Crippen LogP) is 5.02. The van der Waals surface area contributed by atoms with Gasteiger partial charge >= 0.3 is 0 Å². The number of carbonyl (C=O) groups excluding carboxylic acids is 1. The van der Waals surface area contributed by atoms with E-state index >= 15 is 0 Å². The zero-order chi connectivity index (χ0) is 20.4. The molecule has 1 N–H and O–H groups in total. The topological polar surface area (TPSA) is 41.6 Å². The fraction of sp³-hybridized carbons (Fsp3) is 0.435. The molecule has 2 aromatic rings. The lowest BCUT2D eigenvalue weighted by molar-refractivity contribution is -0.175. The van der Waals surface area contributed by atoms with E-state index in [0.29, 0.717) is 22.4 Å². The number of rotatable bonds is 7. The third-order valence-corrected chi connectivity index (χ3v) is 6.18. The molecular weight excluding hydrogens is 407 g/mol. The molecule has 0 radical (unpaired) electrons. The van der Waals surface area contributed by atoms with E-state index in [4.69, 9.17) is 27.9 Å². The monoisotopic (exact) mass is 432 g/mol. The van der Waals surface area contributed by atoms with Crippen LogP contribution in [0.15, 0.2) is 48.5 Å². The molecule has 2 aromatic carbocycles. The van der Waals surface area contributed by atoms with Gasteiger partial charge in [-0.25, -0.2) is 0 Å². The molecule has 154 valence electrons. The van der Waals surface area contributed by atoms with Crippen LogP contribution in [0.1, 0.15) is 42.5 Å². The lowest BCUT2D eigenvalue weighted by atomic mass is 9.91. The molecule has 6 heteroatoms. The first-order chi connectivity index (χ1) is 14.1. The van der Waals surface area contributed by atoms with E-state index < -0.39 is 6.10 Å². The highest BCUT2D eigenvalue weighted by molar-refractivity contribution is 6.30. The first-order valence-electron chi connectivity index (χ1n) is 10.2. The molecule has 2 fully saturated rings. The Morgan fingerprint density at radius 1 is 1.07 bits per heavy atom. The summed E-state index contributed by atoms with van der Waals surface area (Å²) in [6.07, 6.45) is 2.25. The van der Waals surface area contributed by atoms with Crippen LogP contribution >= 0.6 is 23.2 Å². The van der Waals surface area contributed by atoms with Crippen molar-refractivity contribution in [1.82, 2.24) is 10.2 Å². The van der Waals surface area contributed by atoms with Crippen molar-refractivity contribution < 1.29 is 9.53 Å². The average Bonchev–Trinajstić information content (AvgIpc) is 3.53. The Bertz CT molecular complexity index is 854. The molecule has 1 saturated carbocycles. The summed E-state index contributed by atoms with van der Waals surface area (Å²) in [4.78, 5) is 15.4. The maximum atomic E-state index is 13.4. The van der Waals surface area contributed by atoms with Crippen LogP contribution in [-0.2, 0) is 9.53 Å². The number of amides is 1. The number of ether oxygens (including phenoxy) is 1.